The fourth-order valence-electron chi connectivity index (χ4n) is 3.07. The first-order valence-corrected chi connectivity index (χ1v) is 8.40. The van der Waals surface area contributed by atoms with Gasteiger partial charge in [0.25, 0.3) is 0 Å². The Hall–Kier alpha value is -1.47. The summed E-state index contributed by atoms with van der Waals surface area (Å²) in [6.07, 6.45) is 3.90. The summed E-state index contributed by atoms with van der Waals surface area (Å²) in [6, 6.07) is 0.329. The lowest BCUT2D eigenvalue weighted by Gasteiger charge is -2.25. The third kappa shape index (κ3) is 5.91. The van der Waals surface area contributed by atoms with E-state index in [1.807, 2.05) is 11.9 Å². The molecule has 0 bridgehead atoms. The van der Waals surface area contributed by atoms with Gasteiger partial charge in [-0.3, -0.25) is 14.6 Å². The lowest BCUT2D eigenvalue weighted by molar-refractivity contribution is -0.138. The summed E-state index contributed by atoms with van der Waals surface area (Å²) in [7, 11) is 1.89. The quantitative estimate of drug-likeness (QED) is 0.816. The number of aromatic nitrogens is 2. The van der Waals surface area contributed by atoms with Crippen molar-refractivity contribution in [3.8, 4) is 0 Å². The summed E-state index contributed by atoms with van der Waals surface area (Å²) >= 11 is 0. The van der Waals surface area contributed by atoms with Crippen LogP contribution in [-0.4, -0.2) is 63.7 Å². The molecule has 0 aromatic carbocycles. The van der Waals surface area contributed by atoms with Crippen molar-refractivity contribution in [3.05, 3.63) is 11.7 Å². The van der Waals surface area contributed by atoms with Gasteiger partial charge in [-0.25, -0.2) is 0 Å². The fourth-order valence-corrected chi connectivity index (χ4v) is 3.07. The van der Waals surface area contributed by atoms with Gasteiger partial charge in [0, 0.05) is 19.0 Å². The van der Waals surface area contributed by atoms with Crippen LogP contribution in [0.1, 0.15) is 44.8 Å². The highest BCUT2D eigenvalue weighted by Crippen LogP contribution is 2.17. The van der Waals surface area contributed by atoms with Crippen LogP contribution in [0, 0.1) is 5.92 Å². The number of aliphatic carboxylic acids is 1. The van der Waals surface area contributed by atoms with Crippen LogP contribution < -0.4 is 0 Å². The van der Waals surface area contributed by atoms with Gasteiger partial charge in [0.1, 0.15) is 0 Å². The molecule has 1 saturated heterocycles. The third-order valence-electron chi connectivity index (χ3n) is 4.26. The van der Waals surface area contributed by atoms with E-state index >= 15 is 0 Å². The van der Waals surface area contributed by atoms with Crippen LogP contribution in [0.3, 0.4) is 0 Å². The minimum absolute atomic E-state index is 0.104. The maximum atomic E-state index is 10.8. The van der Waals surface area contributed by atoms with Gasteiger partial charge in [-0.15, -0.1) is 0 Å². The summed E-state index contributed by atoms with van der Waals surface area (Å²) in [5, 5.41) is 13.0. The van der Waals surface area contributed by atoms with E-state index in [2.05, 4.69) is 28.9 Å². The average Bonchev–Trinajstić information content (AvgIpc) is 2.73. The standard InChI is InChI=1S/C16H28N4O3/c1-12(2)9-14-17-15(23-18-14)10-20-7-4-5-13(6-8-20)19(3)11-16(21)22/h12-13H,4-11H2,1-3H3,(H,21,22). The predicted octanol–water partition coefficient (Wildman–Crippen LogP) is 1.64. The molecule has 0 amide bonds. The SMILES string of the molecule is CC(C)Cc1noc(CN2CCCC(N(C)CC(=O)O)CC2)n1. The van der Waals surface area contributed by atoms with Crippen LogP contribution in [0.2, 0.25) is 0 Å². The van der Waals surface area contributed by atoms with Crippen molar-refractivity contribution in [2.75, 3.05) is 26.7 Å². The van der Waals surface area contributed by atoms with E-state index in [-0.39, 0.29) is 6.54 Å². The lowest BCUT2D eigenvalue weighted by Crippen LogP contribution is -2.36. The molecule has 1 unspecified atom stereocenters. The molecule has 7 nitrogen and oxygen atoms in total. The zero-order valence-electron chi connectivity index (χ0n) is 14.4. The highest BCUT2D eigenvalue weighted by atomic mass is 16.5. The van der Waals surface area contributed by atoms with Crippen molar-refractivity contribution in [3.63, 3.8) is 0 Å². The Bertz CT molecular complexity index is 503. The molecule has 0 radical (unpaired) electrons. The highest BCUT2D eigenvalue weighted by Gasteiger charge is 2.22. The summed E-state index contributed by atoms with van der Waals surface area (Å²) in [6.45, 7) is 6.97. The maximum Gasteiger partial charge on any atom is 0.317 e. The van der Waals surface area contributed by atoms with E-state index in [1.54, 1.807) is 0 Å². The molecule has 1 aromatic rings. The zero-order chi connectivity index (χ0) is 16.8. The number of likely N-dealkylation sites (tertiary alicyclic amines) is 1. The van der Waals surface area contributed by atoms with E-state index in [1.165, 1.54) is 0 Å². The van der Waals surface area contributed by atoms with Gasteiger partial charge >= 0.3 is 5.97 Å². The minimum atomic E-state index is -0.767. The van der Waals surface area contributed by atoms with Crippen molar-refractivity contribution in [2.24, 2.45) is 5.92 Å². The molecule has 0 aliphatic carbocycles. The summed E-state index contributed by atoms with van der Waals surface area (Å²) in [4.78, 5) is 19.6. The van der Waals surface area contributed by atoms with Crippen molar-refractivity contribution < 1.29 is 14.4 Å². The minimum Gasteiger partial charge on any atom is -0.480 e. The Kier molecular flexibility index (Phi) is 6.53. The molecule has 1 N–H and O–H groups in total. The highest BCUT2D eigenvalue weighted by molar-refractivity contribution is 5.69. The van der Waals surface area contributed by atoms with Crippen LogP contribution in [0.5, 0.6) is 0 Å². The molecule has 1 atom stereocenters. The first kappa shape index (κ1) is 17.9. The molecule has 1 fully saturated rings. The first-order chi connectivity index (χ1) is 10.9. The zero-order valence-corrected chi connectivity index (χ0v) is 14.4. The van der Waals surface area contributed by atoms with Crippen LogP contribution in [-0.2, 0) is 17.8 Å². The molecule has 1 aromatic heterocycles. The van der Waals surface area contributed by atoms with Gasteiger partial charge in [-0.05, 0) is 38.8 Å². The second kappa shape index (κ2) is 8.40. The van der Waals surface area contributed by atoms with Crippen molar-refractivity contribution in [1.82, 2.24) is 19.9 Å². The predicted molar refractivity (Wildman–Crippen MR) is 86.0 cm³/mol. The number of carboxylic acid groups (broad SMARTS) is 1. The van der Waals surface area contributed by atoms with Gasteiger partial charge in [0.2, 0.25) is 5.89 Å². The number of likely N-dealkylation sites (N-methyl/N-ethyl adjacent to an activating group) is 1. The van der Waals surface area contributed by atoms with Crippen LogP contribution in [0.25, 0.3) is 0 Å². The lowest BCUT2D eigenvalue weighted by atomic mass is 10.1. The molecule has 2 rings (SSSR count). The third-order valence-corrected chi connectivity index (χ3v) is 4.26. The van der Waals surface area contributed by atoms with Gasteiger partial charge in [-0.1, -0.05) is 19.0 Å². The Morgan fingerprint density at radius 1 is 1.43 bits per heavy atom. The number of nitrogens with zero attached hydrogens (tertiary/aromatic N) is 4. The van der Waals surface area contributed by atoms with Gasteiger partial charge in [-0.2, -0.15) is 4.98 Å². The molecule has 130 valence electrons. The first-order valence-electron chi connectivity index (χ1n) is 8.40. The largest absolute Gasteiger partial charge is 0.480 e. The second-order valence-corrected chi connectivity index (χ2v) is 6.87. The fraction of sp³-hybridized carbons (Fsp3) is 0.812. The van der Waals surface area contributed by atoms with Gasteiger partial charge in [0.15, 0.2) is 5.82 Å². The Labute approximate surface area is 137 Å². The van der Waals surface area contributed by atoms with Gasteiger partial charge in [0.05, 0.1) is 13.1 Å². The topological polar surface area (TPSA) is 82.7 Å². The Morgan fingerprint density at radius 2 is 2.22 bits per heavy atom. The van der Waals surface area contributed by atoms with Crippen molar-refractivity contribution >= 4 is 5.97 Å². The summed E-state index contributed by atoms with van der Waals surface area (Å²) < 4.78 is 5.35. The molecule has 7 heteroatoms. The molecule has 23 heavy (non-hydrogen) atoms. The van der Waals surface area contributed by atoms with E-state index in [0.717, 1.165) is 44.6 Å². The number of rotatable bonds is 7. The molecule has 0 saturated carbocycles. The number of carboxylic acids is 1. The maximum absolute atomic E-state index is 10.8. The molecular formula is C16H28N4O3. The van der Waals surface area contributed by atoms with Crippen molar-refractivity contribution in [2.45, 2.75) is 52.1 Å². The van der Waals surface area contributed by atoms with Gasteiger partial charge < -0.3 is 9.63 Å². The average molecular weight is 324 g/mol. The van der Waals surface area contributed by atoms with Crippen LogP contribution in [0.4, 0.5) is 0 Å². The molecule has 1 aliphatic rings. The van der Waals surface area contributed by atoms with E-state index in [9.17, 15) is 4.79 Å². The number of hydrogen-bond donors (Lipinski definition) is 1. The number of carbonyl (C=O) groups is 1. The summed E-state index contributed by atoms with van der Waals surface area (Å²) in [5.41, 5.74) is 0. The molecular weight excluding hydrogens is 296 g/mol. The molecule has 0 spiro atoms. The summed E-state index contributed by atoms with van der Waals surface area (Å²) in [5.74, 6) is 1.21. The monoisotopic (exact) mass is 324 g/mol. The molecule has 1 aliphatic heterocycles. The number of hydrogen-bond acceptors (Lipinski definition) is 6. The van der Waals surface area contributed by atoms with Crippen LogP contribution >= 0.6 is 0 Å². The second-order valence-electron chi connectivity index (χ2n) is 6.87. The van der Waals surface area contributed by atoms with E-state index < -0.39 is 5.97 Å². The normalized spacial score (nSPS) is 20.1. The van der Waals surface area contributed by atoms with Crippen LogP contribution in [0.15, 0.2) is 4.52 Å². The Balaban J connectivity index is 1.83. The van der Waals surface area contributed by atoms with Crippen molar-refractivity contribution in [1.29, 1.82) is 0 Å². The Morgan fingerprint density at radius 3 is 2.91 bits per heavy atom. The smallest absolute Gasteiger partial charge is 0.317 e. The molecule has 2 heterocycles. The van der Waals surface area contributed by atoms with E-state index in [4.69, 9.17) is 9.63 Å². The van der Waals surface area contributed by atoms with E-state index in [0.29, 0.717) is 24.4 Å².